The summed E-state index contributed by atoms with van der Waals surface area (Å²) in [6.07, 6.45) is 33.1. The molecule has 0 unspecified atom stereocenters. The van der Waals surface area contributed by atoms with Crippen LogP contribution in [0.15, 0.2) is 121 Å². The minimum absolute atomic E-state index is 0.0345. The van der Waals surface area contributed by atoms with E-state index >= 15 is 0 Å². The van der Waals surface area contributed by atoms with Gasteiger partial charge in [-0.25, -0.2) is 0 Å². The summed E-state index contributed by atoms with van der Waals surface area (Å²) < 4.78 is 11.6. The number of carbonyl (C=O) groups excluding carboxylic acids is 3. The minimum Gasteiger partial charge on any atom is -0.478 e. The van der Waals surface area contributed by atoms with Crippen LogP contribution in [0.3, 0.4) is 0 Å². The lowest BCUT2D eigenvalue weighted by atomic mass is 10.0. The van der Waals surface area contributed by atoms with Crippen molar-refractivity contribution in [2.45, 2.75) is 77.7 Å². The summed E-state index contributed by atoms with van der Waals surface area (Å²) in [5.74, 6) is 0.160. The van der Waals surface area contributed by atoms with E-state index in [0.29, 0.717) is 60.9 Å². The molecule has 2 aromatic rings. The van der Waals surface area contributed by atoms with Crippen molar-refractivity contribution in [1.82, 2.24) is 20.4 Å². The fourth-order valence-electron chi connectivity index (χ4n) is 6.06. The third kappa shape index (κ3) is 21.9. The number of halogens is 1. The molecule has 9 nitrogen and oxygen atoms in total. The lowest BCUT2D eigenvalue weighted by Gasteiger charge is -2.30. The molecular weight excluding hydrogens is 760 g/mol. The van der Waals surface area contributed by atoms with Crippen molar-refractivity contribution < 1.29 is 23.9 Å². The highest BCUT2D eigenvalue weighted by molar-refractivity contribution is 6.30. The predicted molar refractivity (Wildman–Crippen MR) is 243 cm³/mol. The van der Waals surface area contributed by atoms with Crippen molar-refractivity contribution in [2.24, 2.45) is 0 Å². The molecule has 0 radical (unpaired) electrons. The molecule has 0 aliphatic carbocycles. The summed E-state index contributed by atoms with van der Waals surface area (Å²) >= 11 is 5.96. The topological polar surface area (TPSA) is 100 Å². The Hall–Kier alpha value is -4.54. The molecule has 1 heterocycles. The van der Waals surface area contributed by atoms with Gasteiger partial charge in [-0.3, -0.25) is 24.2 Å². The smallest absolute Gasteiger partial charge is 0.263 e. The Bertz CT molecular complexity index is 1690. The molecule has 1 aliphatic rings. The van der Waals surface area contributed by atoms with E-state index in [0.717, 1.165) is 77.9 Å². The van der Waals surface area contributed by atoms with Crippen molar-refractivity contribution >= 4 is 29.2 Å². The first-order valence-electron chi connectivity index (χ1n) is 21.2. The van der Waals surface area contributed by atoms with E-state index in [1.165, 1.54) is 0 Å². The summed E-state index contributed by atoms with van der Waals surface area (Å²) in [5.41, 5.74) is -0.0847. The Morgan fingerprint density at radius 3 is 1.75 bits per heavy atom. The number of hydrogen-bond donors (Lipinski definition) is 2. The molecule has 1 saturated heterocycles. The summed E-state index contributed by atoms with van der Waals surface area (Å²) in [7, 11) is 0. The molecular formula is C49H67ClN4O5. The van der Waals surface area contributed by atoms with E-state index < -0.39 is 5.60 Å². The molecule has 10 heteroatoms. The number of nitrogens with one attached hydrogen (secondary N) is 2. The number of amides is 2. The van der Waals surface area contributed by atoms with Crippen LogP contribution in [-0.4, -0.2) is 98.6 Å². The van der Waals surface area contributed by atoms with Crippen molar-refractivity contribution in [2.75, 3.05) is 65.6 Å². The van der Waals surface area contributed by atoms with E-state index in [1.807, 2.05) is 0 Å². The fraction of sp³-hybridized carbons (Fsp3) is 0.449. The second-order valence-corrected chi connectivity index (χ2v) is 15.3. The zero-order valence-corrected chi connectivity index (χ0v) is 36.3. The van der Waals surface area contributed by atoms with Crippen LogP contribution in [0.5, 0.6) is 5.75 Å². The number of carbonyl (C=O) groups is 3. The molecule has 0 saturated carbocycles. The Balaban J connectivity index is 1.33. The zero-order chi connectivity index (χ0) is 42.4. The van der Waals surface area contributed by atoms with Gasteiger partial charge in [0.1, 0.15) is 5.75 Å². The molecule has 59 heavy (non-hydrogen) atoms. The molecule has 1 fully saturated rings. The van der Waals surface area contributed by atoms with E-state index in [9.17, 15) is 14.4 Å². The molecule has 0 atom stereocenters. The maximum absolute atomic E-state index is 13.2. The van der Waals surface area contributed by atoms with Gasteiger partial charge >= 0.3 is 0 Å². The number of nitrogens with zero attached hydrogens (tertiary/aromatic N) is 2. The minimum atomic E-state index is -1.14. The van der Waals surface area contributed by atoms with Crippen LogP contribution < -0.4 is 15.4 Å². The largest absolute Gasteiger partial charge is 0.478 e. The molecule has 2 amide bonds. The van der Waals surface area contributed by atoms with Gasteiger partial charge in [-0.2, -0.15) is 0 Å². The van der Waals surface area contributed by atoms with Crippen LogP contribution in [-0.2, 0) is 14.3 Å². The number of allylic oxidation sites excluding steroid dienone is 12. The lowest BCUT2D eigenvalue weighted by molar-refractivity contribution is -0.134. The molecule has 0 spiro atoms. The number of ketones is 1. The van der Waals surface area contributed by atoms with Gasteiger partial charge in [0.2, 0.25) is 5.91 Å². The standard InChI is InChI=1S/C49H67ClN4O5/c1-4-5-6-7-8-9-10-11-12-13-14-15-16-17-18-19-20-21-22-23-46(55)51-32-34-53(36-37-54-38-40-58-41-39-54)35-33-52-48(57)49(2,3)59-45-30-26-43(27-31-45)47(56)42-24-28-44(50)29-25-42/h5-6,8-9,11-12,14-15,17-18,20-21,24-31H,4,7,10,13,16,19,22-23,32-41H2,1-3H3,(H,51,55)(H,52,57)/b6-5-,9-8-,12-11-,15-14-,18-17-,21-20-. The quantitative estimate of drug-likeness (QED) is 0.0653. The van der Waals surface area contributed by atoms with Crippen LogP contribution in [0.1, 0.15) is 88.1 Å². The maximum Gasteiger partial charge on any atom is 0.263 e. The van der Waals surface area contributed by atoms with Gasteiger partial charge in [-0.15, -0.1) is 0 Å². The summed E-state index contributed by atoms with van der Waals surface area (Å²) in [6, 6.07) is 13.5. The number of rotatable bonds is 28. The van der Waals surface area contributed by atoms with Gasteiger partial charge < -0.3 is 20.1 Å². The van der Waals surface area contributed by atoms with E-state index in [4.69, 9.17) is 21.1 Å². The first kappa shape index (κ1) is 48.8. The number of hydrogen-bond acceptors (Lipinski definition) is 7. The first-order valence-corrected chi connectivity index (χ1v) is 21.6. The second-order valence-electron chi connectivity index (χ2n) is 14.8. The Kier molecular flexibility index (Phi) is 24.5. The molecule has 2 aromatic carbocycles. The molecule has 0 bridgehead atoms. The highest BCUT2D eigenvalue weighted by atomic mass is 35.5. The van der Waals surface area contributed by atoms with Crippen LogP contribution in [0.2, 0.25) is 5.02 Å². The Morgan fingerprint density at radius 1 is 0.712 bits per heavy atom. The first-order chi connectivity index (χ1) is 28.7. The monoisotopic (exact) mass is 826 g/mol. The van der Waals surface area contributed by atoms with Crippen molar-refractivity contribution in [3.63, 3.8) is 0 Å². The van der Waals surface area contributed by atoms with Crippen LogP contribution in [0, 0.1) is 0 Å². The van der Waals surface area contributed by atoms with E-state index in [2.05, 4.69) is 100 Å². The van der Waals surface area contributed by atoms with E-state index in [-0.39, 0.29) is 17.6 Å². The number of benzene rings is 2. The zero-order valence-electron chi connectivity index (χ0n) is 35.6. The highest BCUT2D eigenvalue weighted by Gasteiger charge is 2.30. The average molecular weight is 828 g/mol. The number of morpholine rings is 1. The molecule has 3 rings (SSSR count). The maximum atomic E-state index is 13.2. The van der Waals surface area contributed by atoms with Crippen molar-refractivity contribution in [3.05, 3.63) is 138 Å². The van der Waals surface area contributed by atoms with Crippen LogP contribution >= 0.6 is 11.6 Å². The Labute approximate surface area is 358 Å². The third-order valence-corrected chi connectivity index (χ3v) is 9.83. The van der Waals surface area contributed by atoms with Crippen LogP contribution in [0.4, 0.5) is 0 Å². The predicted octanol–water partition coefficient (Wildman–Crippen LogP) is 9.07. The molecule has 1 aliphatic heterocycles. The van der Waals surface area contributed by atoms with Gasteiger partial charge in [0, 0.05) is 74.9 Å². The molecule has 2 N–H and O–H groups in total. The highest BCUT2D eigenvalue weighted by Crippen LogP contribution is 2.21. The summed E-state index contributed by atoms with van der Waals surface area (Å²) in [6.45, 7) is 12.8. The average Bonchev–Trinajstić information content (AvgIpc) is 3.24. The van der Waals surface area contributed by atoms with Gasteiger partial charge in [0.25, 0.3) is 5.91 Å². The second kappa shape index (κ2) is 29.6. The van der Waals surface area contributed by atoms with Crippen LogP contribution in [0.25, 0.3) is 0 Å². The van der Waals surface area contributed by atoms with E-state index in [1.54, 1.807) is 62.4 Å². The summed E-state index contributed by atoms with van der Waals surface area (Å²) in [4.78, 5) is 43.3. The summed E-state index contributed by atoms with van der Waals surface area (Å²) in [5, 5.41) is 6.67. The van der Waals surface area contributed by atoms with Gasteiger partial charge in [0.05, 0.1) is 13.2 Å². The van der Waals surface area contributed by atoms with Gasteiger partial charge in [-0.05, 0) is 107 Å². The normalized spacial score (nSPS) is 14.3. The third-order valence-electron chi connectivity index (χ3n) is 9.58. The number of ether oxygens (including phenoxy) is 2. The SMILES string of the molecule is CC/C=C\C/C=C\C/C=C\C/C=C\C/C=C\C/C=C\CCC(=O)NCCN(CCNC(=O)C(C)(C)Oc1ccc(C(=O)c2ccc(Cl)cc2)cc1)CCN1CCOCC1. The fourth-order valence-corrected chi connectivity index (χ4v) is 6.19. The lowest BCUT2D eigenvalue weighted by Crippen LogP contribution is -2.49. The van der Waals surface area contributed by atoms with Crippen molar-refractivity contribution in [1.29, 1.82) is 0 Å². The van der Waals surface area contributed by atoms with Crippen molar-refractivity contribution in [3.8, 4) is 5.75 Å². The molecule has 0 aromatic heterocycles. The Morgan fingerprint density at radius 2 is 1.20 bits per heavy atom. The van der Waals surface area contributed by atoms with Gasteiger partial charge in [-0.1, -0.05) is 91.4 Å². The van der Waals surface area contributed by atoms with Gasteiger partial charge in [0.15, 0.2) is 11.4 Å². The molecule has 320 valence electrons.